The van der Waals surface area contributed by atoms with Crippen LogP contribution in [0, 0.1) is 22.9 Å². The summed E-state index contributed by atoms with van der Waals surface area (Å²) in [6, 6.07) is 3.82. The molecule has 4 nitrogen and oxygen atoms in total. The smallest absolute Gasteiger partial charge is 0.172 e. The fraction of sp³-hybridized carbons (Fsp3) is 0. The van der Waals surface area contributed by atoms with Crippen LogP contribution < -0.4 is 0 Å². The lowest BCUT2D eigenvalue weighted by atomic mass is 9.94. The topological polar surface area (TPSA) is 72.3 Å². The van der Waals surface area contributed by atoms with E-state index in [0.29, 0.717) is 11.4 Å². The molecule has 18 heavy (non-hydrogen) atoms. The standard InChI is InChI=1S/C12H4N4S2/c13-5-15-9-7-1-3-17-11(7)10(16-6-14)8-2-4-18-12(8)9/h1-4H. The molecule has 0 saturated carbocycles. The predicted molar refractivity (Wildman–Crippen MR) is 71.1 cm³/mol. The van der Waals surface area contributed by atoms with Crippen LogP contribution in [-0.2, 0) is 0 Å². The molecule has 2 aromatic heterocycles. The molecular weight excluding hydrogens is 264 g/mol. The second-order valence-electron chi connectivity index (χ2n) is 3.45. The van der Waals surface area contributed by atoms with E-state index in [4.69, 9.17) is 10.5 Å². The molecule has 0 radical (unpaired) electrons. The van der Waals surface area contributed by atoms with Crippen molar-refractivity contribution in [3.8, 4) is 12.4 Å². The van der Waals surface area contributed by atoms with Gasteiger partial charge in [0.1, 0.15) is 11.4 Å². The SMILES string of the molecule is N#CN=C1c2ccsc2C(=NC#N)c2ccsc21. The summed E-state index contributed by atoms with van der Waals surface area (Å²) in [5.74, 6) is 0. The minimum absolute atomic E-state index is 0.677. The molecule has 0 unspecified atom stereocenters. The van der Waals surface area contributed by atoms with Gasteiger partial charge in [0, 0.05) is 11.1 Å². The molecule has 3 rings (SSSR count). The van der Waals surface area contributed by atoms with E-state index in [9.17, 15) is 0 Å². The van der Waals surface area contributed by atoms with Gasteiger partial charge < -0.3 is 0 Å². The van der Waals surface area contributed by atoms with Gasteiger partial charge in [0.25, 0.3) is 0 Å². The Kier molecular flexibility index (Phi) is 2.52. The summed E-state index contributed by atoms with van der Waals surface area (Å²) in [5.41, 5.74) is 3.11. The lowest BCUT2D eigenvalue weighted by Crippen LogP contribution is -2.17. The summed E-state index contributed by atoms with van der Waals surface area (Å²) < 4.78 is 0. The number of nitriles is 2. The number of hydrogen-bond acceptors (Lipinski definition) is 6. The maximum Gasteiger partial charge on any atom is 0.206 e. The van der Waals surface area contributed by atoms with E-state index >= 15 is 0 Å². The van der Waals surface area contributed by atoms with Gasteiger partial charge in [-0.15, -0.1) is 22.7 Å². The highest BCUT2D eigenvalue weighted by atomic mass is 32.1. The van der Waals surface area contributed by atoms with Crippen molar-refractivity contribution in [3.63, 3.8) is 0 Å². The fourth-order valence-electron chi connectivity index (χ4n) is 1.92. The van der Waals surface area contributed by atoms with Gasteiger partial charge in [-0.05, 0) is 22.9 Å². The van der Waals surface area contributed by atoms with Gasteiger partial charge in [0.15, 0.2) is 0 Å². The molecule has 0 fully saturated rings. The Hall–Kier alpha value is -2.28. The van der Waals surface area contributed by atoms with Gasteiger partial charge in [0.2, 0.25) is 12.4 Å². The number of fused-ring (bicyclic) bond motifs is 2. The third-order valence-electron chi connectivity index (χ3n) is 2.59. The molecule has 1 aliphatic carbocycles. The van der Waals surface area contributed by atoms with Gasteiger partial charge in [-0.25, -0.2) is 0 Å². The number of thiophene rings is 2. The number of hydrogen-bond donors (Lipinski definition) is 0. The van der Waals surface area contributed by atoms with Crippen molar-refractivity contribution in [2.24, 2.45) is 9.98 Å². The van der Waals surface area contributed by atoms with E-state index in [1.165, 1.54) is 22.7 Å². The first kappa shape index (κ1) is 10.8. The minimum atomic E-state index is 0.677. The zero-order chi connectivity index (χ0) is 12.5. The largest absolute Gasteiger partial charge is 0.206 e. The van der Waals surface area contributed by atoms with E-state index in [2.05, 4.69) is 9.98 Å². The Balaban J connectivity index is 2.37. The van der Waals surface area contributed by atoms with Crippen molar-refractivity contribution in [3.05, 3.63) is 43.8 Å². The highest BCUT2D eigenvalue weighted by molar-refractivity contribution is 7.15. The molecule has 0 spiro atoms. The summed E-state index contributed by atoms with van der Waals surface area (Å²) in [6.45, 7) is 0. The summed E-state index contributed by atoms with van der Waals surface area (Å²) in [5, 5.41) is 21.4. The van der Waals surface area contributed by atoms with Crippen molar-refractivity contribution in [1.82, 2.24) is 0 Å². The van der Waals surface area contributed by atoms with Crippen LogP contribution in [0.15, 0.2) is 32.9 Å². The number of rotatable bonds is 0. The van der Waals surface area contributed by atoms with Crippen LogP contribution in [-0.4, -0.2) is 11.4 Å². The van der Waals surface area contributed by atoms with Gasteiger partial charge in [-0.2, -0.15) is 20.5 Å². The average molecular weight is 268 g/mol. The molecule has 6 heteroatoms. The van der Waals surface area contributed by atoms with Gasteiger partial charge in [-0.1, -0.05) is 0 Å². The zero-order valence-electron chi connectivity index (χ0n) is 8.91. The minimum Gasteiger partial charge on any atom is -0.172 e. The fourth-order valence-corrected chi connectivity index (χ4v) is 3.72. The first-order valence-electron chi connectivity index (χ1n) is 4.97. The normalized spacial score (nSPS) is 17.0. The van der Waals surface area contributed by atoms with Crippen molar-refractivity contribution in [2.75, 3.05) is 0 Å². The number of nitrogens with zero attached hydrogens (tertiary/aromatic N) is 4. The van der Waals surface area contributed by atoms with Crippen LogP contribution >= 0.6 is 22.7 Å². The van der Waals surface area contributed by atoms with Crippen LogP contribution in [0.5, 0.6) is 0 Å². The monoisotopic (exact) mass is 268 g/mol. The molecule has 0 aromatic carbocycles. The second-order valence-corrected chi connectivity index (χ2v) is 5.28. The maximum atomic E-state index is 8.80. The van der Waals surface area contributed by atoms with Crippen molar-refractivity contribution in [1.29, 1.82) is 10.5 Å². The van der Waals surface area contributed by atoms with Gasteiger partial charge >= 0.3 is 0 Å². The Morgan fingerprint density at radius 2 is 1.28 bits per heavy atom. The van der Waals surface area contributed by atoms with Gasteiger partial charge in [0.05, 0.1) is 9.75 Å². The summed E-state index contributed by atoms with van der Waals surface area (Å²) >= 11 is 3.01. The quantitative estimate of drug-likeness (QED) is 0.588. The molecule has 0 N–H and O–H groups in total. The lowest BCUT2D eigenvalue weighted by molar-refractivity contribution is 1.41. The zero-order valence-corrected chi connectivity index (χ0v) is 10.5. The molecule has 0 aliphatic heterocycles. The Bertz CT molecular complexity index is 657. The van der Waals surface area contributed by atoms with Crippen LogP contribution in [0.25, 0.3) is 0 Å². The van der Waals surface area contributed by atoms with Crippen LogP contribution in [0.3, 0.4) is 0 Å². The molecule has 0 saturated heterocycles. The first-order chi connectivity index (χ1) is 8.86. The van der Waals surface area contributed by atoms with E-state index in [-0.39, 0.29) is 0 Å². The predicted octanol–water partition coefficient (Wildman–Crippen LogP) is 2.76. The highest BCUT2D eigenvalue weighted by Gasteiger charge is 2.29. The molecule has 2 aromatic rings. The van der Waals surface area contributed by atoms with E-state index < -0.39 is 0 Å². The Morgan fingerprint density at radius 1 is 0.833 bits per heavy atom. The molecular formula is C12H4N4S2. The highest BCUT2D eigenvalue weighted by Crippen LogP contribution is 2.34. The van der Waals surface area contributed by atoms with E-state index in [0.717, 1.165) is 20.9 Å². The molecule has 0 atom stereocenters. The molecule has 84 valence electrons. The van der Waals surface area contributed by atoms with Crippen LogP contribution in [0.4, 0.5) is 0 Å². The van der Waals surface area contributed by atoms with Crippen LogP contribution in [0.1, 0.15) is 20.9 Å². The molecule has 1 aliphatic rings. The molecule has 0 bridgehead atoms. The lowest BCUT2D eigenvalue weighted by Gasteiger charge is -2.14. The second kappa shape index (κ2) is 4.19. The average Bonchev–Trinajstić information content (AvgIpc) is 3.01. The van der Waals surface area contributed by atoms with Gasteiger partial charge in [-0.3, -0.25) is 0 Å². The van der Waals surface area contributed by atoms with Crippen molar-refractivity contribution < 1.29 is 0 Å². The Labute approximate surface area is 111 Å². The summed E-state index contributed by atoms with van der Waals surface area (Å²) in [7, 11) is 0. The molecule has 0 amide bonds. The van der Waals surface area contributed by atoms with Crippen molar-refractivity contribution in [2.45, 2.75) is 0 Å². The first-order valence-corrected chi connectivity index (χ1v) is 6.72. The Morgan fingerprint density at radius 3 is 1.67 bits per heavy atom. The van der Waals surface area contributed by atoms with Crippen molar-refractivity contribution >= 4 is 34.1 Å². The third kappa shape index (κ3) is 1.41. The van der Waals surface area contributed by atoms with E-state index in [1.807, 2.05) is 35.3 Å². The van der Waals surface area contributed by atoms with Crippen LogP contribution in [0.2, 0.25) is 0 Å². The van der Waals surface area contributed by atoms with E-state index in [1.54, 1.807) is 0 Å². The number of aliphatic imine (C=N–C) groups is 2. The molecule has 2 heterocycles. The summed E-state index contributed by atoms with van der Waals surface area (Å²) in [4.78, 5) is 9.61. The summed E-state index contributed by atoms with van der Waals surface area (Å²) in [6.07, 6.45) is 3.68. The maximum absolute atomic E-state index is 8.80. The third-order valence-corrected chi connectivity index (χ3v) is 4.44.